The normalized spacial score (nSPS) is 13.1. The highest BCUT2D eigenvalue weighted by molar-refractivity contribution is 9.10. The van der Waals surface area contributed by atoms with Crippen LogP contribution in [-0.2, 0) is 6.42 Å². The van der Waals surface area contributed by atoms with Crippen molar-refractivity contribution in [3.05, 3.63) is 31.7 Å². The fourth-order valence-corrected chi connectivity index (χ4v) is 4.59. The van der Waals surface area contributed by atoms with E-state index in [4.69, 9.17) is 0 Å². The van der Waals surface area contributed by atoms with E-state index in [1.54, 1.807) is 0 Å². The maximum Gasteiger partial charge on any atom is 0.0401 e. The molecule has 2 heterocycles. The molecule has 60 valence electrons. The summed E-state index contributed by atoms with van der Waals surface area (Å²) in [7, 11) is 0. The first-order chi connectivity index (χ1) is 5.86. The van der Waals surface area contributed by atoms with E-state index in [9.17, 15) is 0 Å². The Balaban J connectivity index is 2.38. The molecule has 0 N–H and O–H groups in total. The summed E-state index contributed by atoms with van der Waals surface area (Å²) in [4.78, 5) is 2.99. The standard InChI is InChI=1S/C9H5BrS2/c10-6-4-12-7-3-5-1-2-11-9(5)8(6)7/h1-2,4H,3H2. The van der Waals surface area contributed by atoms with E-state index in [0.29, 0.717) is 0 Å². The van der Waals surface area contributed by atoms with Crippen molar-refractivity contribution in [1.29, 1.82) is 0 Å². The van der Waals surface area contributed by atoms with Crippen LogP contribution in [0.4, 0.5) is 0 Å². The lowest BCUT2D eigenvalue weighted by Crippen LogP contribution is -1.70. The van der Waals surface area contributed by atoms with Crippen LogP contribution < -0.4 is 0 Å². The monoisotopic (exact) mass is 256 g/mol. The van der Waals surface area contributed by atoms with E-state index in [1.807, 2.05) is 22.7 Å². The number of thiophene rings is 2. The minimum atomic E-state index is 1.14. The molecular formula is C9H5BrS2. The summed E-state index contributed by atoms with van der Waals surface area (Å²) < 4.78 is 1.27. The molecule has 0 aromatic carbocycles. The molecule has 0 fully saturated rings. The zero-order valence-electron chi connectivity index (χ0n) is 6.13. The van der Waals surface area contributed by atoms with Gasteiger partial charge >= 0.3 is 0 Å². The van der Waals surface area contributed by atoms with Crippen molar-refractivity contribution >= 4 is 38.6 Å². The number of hydrogen-bond donors (Lipinski definition) is 0. The lowest BCUT2D eigenvalue weighted by Gasteiger charge is -1.90. The van der Waals surface area contributed by atoms with E-state index in [-0.39, 0.29) is 0 Å². The van der Waals surface area contributed by atoms with Gasteiger partial charge in [0, 0.05) is 31.6 Å². The molecule has 1 aliphatic carbocycles. The van der Waals surface area contributed by atoms with Crippen LogP contribution in [0.2, 0.25) is 0 Å². The topological polar surface area (TPSA) is 0 Å². The quantitative estimate of drug-likeness (QED) is 0.567. The van der Waals surface area contributed by atoms with Crippen LogP contribution in [0, 0.1) is 0 Å². The van der Waals surface area contributed by atoms with Gasteiger partial charge in [0.15, 0.2) is 0 Å². The van der Waals surface area contributed by atoms with Crippen molar-refractivity contribution in [2.75, 3.05) is 0 Å². The van der Waals surface area contributed by atoms with Crippen molar-refractivity contribution in [2.45, 2.75) is 6.42 Å². The van der Waals surface area contributed by atoms with Gasteiger partial charge in [-0.25, -0.2) is 0 Å². The summed E-state index contributed by atoms with van der Waals surface area (Å²) in [5, 5.41) is 4.37. The first-order valence-electron chi connectivity index (χ1n) is 3.69. The van der Waals surface area contributed by atoms with Gasteiger partial charge in [-0.3, -0.25) is 0 Å². The van der Waals surface area contributed by atoms with Gasteiger partial charge in [0.05, 0.1) is 0 Å². The zero-order valence-corrected chi connectivity index (χ0v) is 9.35. The van der Waals surface area contributed by atoms with Crippen LogP contribution in [0.1, 0.15) is 10.4 Å². The molecular weight excluding hydrogens is 252 g/mol. The van der Waals surface area contributed by atoms with Crippen LogP contribution in [0.15, 0.2) is 21.3 Å². The largest absolute Gasteiger partial charge is 0.147 e. The SMILES string of the molecule is Brc1csc2c1-c1sccc1C2. The third-order valence-electron chi connectivity index (χ3n) is 2.15. The molecule has 2 aromatic heterocycles. The van der Waals surface area contributed by atoms with Crippen molar-refractivity contribution in [3.8, 4) is 10.4 Å². The first kappa shape index (κ1) is 7.30. The highest BCUT2D eigenvalue weighted by Gasteiger charge is 2.23. The second-order valence-corrected chi connectivity index (χ2v) is 5.57. The smallest absolute Gasteiger partial charge is 0.0401 e. The van der Waals surface area contributed by atoms with E-state index in [1.165, 1.54) is 25.4 Å². The average Bonchev–Trinajstić information content (AvgIpc) is 2.61. The lowest BCUT2D eigenvalue weighted by atomic mass is 10.3. The van der Waals surface area contributed by atoms with E-state index in [2.05, 4.69) is 32.8 Å². The molecule has 3 heteroatoms. The molecule has 0 atom stereocenters. The van der Waals surface area contributed by atoms with Crippen LogP contribution in [0.25, 0.3) is 10.4 Å². The van der Waals surface area contributed by atoms with Crippen LogP contribution >= 0.6 is 38.6 Å². The molecule has 0 unspecified atom stereocenters. The van der Waals surface area contributed by atoms with Gasteiger partial charge in [0.2, 0.25) is 0 Å². The second-order valence-electron chi connectivity index (χ2n) is 2.83. The average molecular weight is 257 g/mol. The Morgan fingerprint density at radius 1 is 1.33 bits per heavy atom. The third-order valence-corrected chi connectivity index (χ3v) is 5.04. The number of fused-ring (bicyclic) bond motifs is 3. The first-order valence-corrected chi connectivity index (χ1v) is 6.24. The van der Waals surface area contributed by atoms with Crippen LogP contribution in [-0.4, -0.2) is 0 Å². The maximum absolute atomic E-state index is 3.59. The van der Waals surface area contributed by atoms with E-state index >= 15 is 0 Å². The van der Waals surface area contributed by atoms with Crippen LogP contribution in [0.3, 0.4) is 0 Å². The Bertz CT molecular complexity index is 439. The summed E-state index contributed by atoms with van der Waals surface area (Å²) in [5.41, 5.74) is 2.95. The predicted octanol–water partition coefficient (Wildman–Crippen LogP) is 4.14. The molecule has 0 amide bonds. The summed E-state index contributed by atoms with van der Waals surface area (Å²) in [6.45, 7) is 0. The van der Waals surface area contributed by atoms with E-state index in [0.717, 1.165) is 6.42 Å². The Morgan fingerprint density at radius 3 is 3.17 bits per heavy atom. The Kier molecular flexibility index (Phi) is 1.48. The number of hydrogen-bond acceptors (Lipinski definition) is 2. The van der Waals surface area contributed by atoms with Crippen molar-refractivity contribution in [3.63, 3.8) is 0 Å². The minimum Gasteiger partial charge on any atom is -0.147 e. The molecule has 2 aromatic rings. The second kappa shape index (κ2) is 2.44. The molecule has 1 aliphatic rings. The lowest BCUT2D eigenvalue weighted by molar-refractivity contribution is 1.33. The minimum absolute atomic E-state index is 1.14. The van der Waals surface area contributed by atoms with Crippen LogP contribution in [0.5, 0.6) is 0 Å². The highest BCUT2D eigenvalue weighted by atomic mass is 79.9. The summed E-state index contributed by atoms with van der Waals surface area (Å²) in [6, 6.07) is 2.24. The zero-order chi connectivity index (χ0) is 8.13. The highest BCUT2D eigenvalue weighted by Crippen LogP contribution is 2.47. The molecule has 0 saturated heterocycles. The van der Waals surface area contributed by atoms with Gasteiger partial charge in [0.1, 0.15) is 0 Å². The fourth-order valence-electron chi connectivity index (χ4n) is 1.61. The van der Waals surface area contributed by atoms with Crippen molar-refractivity contribution in [1.82, 2.24) is 0 Å². The van der Waals surface area contributed by atoms with E-state index < -0.39 is 0 Å². The Labute approximate surface area is 87.0 Å². The van der Waals surface area contributed by atoms with Crippen molar-refractivity contribution in [2.24, 2.45) is 0 Å². The summed E-state index contributed by atoms with van der Waals surface area (Å²) in [6.07, 6.45) is 1.14. The number of halogens is 1. The molecule has 0 nitrogen and oxygen atoms in total. The van der Waals surface area contributed by atoms with Gasteiger partial charge in [0.25, 0.3) is 0 Å². The third kappa shape index (κ3) is 0.817. The molecule has 0 radical (unpaired) electrons. The summed E-state index contributed by atoms with van der Waals surface area (Å²) >= 11 is 7.30. The summed E-state index contributed by atoms with van der Waals surface area (Å²) in [5.74, 6) is 0. The van der Waals surface area contributed by atoms with Crippen molar-refractivity contribution < 1.29 is 0 Å². The molecule has 0 aliphatic heterocycles. The molecule has 12 heavy (non-hydrogen) atoms. The van der Waals surface area contributed by atoms with Gasteiger partial charge < -0.3 is 0 Å². The fraction of sp³-hybridized carbons (Fsp3) is 0.111. The number of rotatable bonds is 0. The molecule has 0 saturated carbocycles. The molecule has 0 bridgehead atoms. The Morgan fingerprint density at radius 2 is 2.25 bits per heavy atom. The van der Waals surface area contributed by atoms with Gasteiger partial charge in [-0.15, -0.1) is 22.7 Å². The maximum atomic E-state index is 3.59. The predicted molar refractivity (Wildman–Crippen MR) is 58.1 cm³/mol. The van der Waals surface area contributed by atoms with Gasteiger partial charge in [-0.05, 0) is 32.9 Å². The Hall–Kier alpha value is -0.120. The molecule has 3 rings (SSSR count). The van der Waals surface area contributed by atoms with Gasteiger partial charge in [-0.1, -0.05) is 0 Å². The molecule has 0 spiro atoms. The van der Waals surface area contributed by atoms with Gasteiger partial charge in [-0.2, -0.15) is 0 Å².